The zero-order valence-electron chi connectivity index (χ0n) is 16.4. The molecule has 4 rings (SSSR count). The Morgan fingerprint density at radius 2 is 1.63 bits per heavy atom. The highest BCUT2D eigenvalue weighted by Gasteiger charge is 2.31. The fourth-order valence-electron chi connectivity index (χ4n) is 3.71. The first kappa shape index (κ1) is 20.0. The van der Waals surface area contributed by atoms with Crippen molar-refractivity contribution >= 4 is 5.91 Å². The molecule has 0 spiro atoms. The summed E-state index contributed by atoms with van der Waals surface area (Å²) in [6, 6.07) is 15.9. The summed E-state index contributed by atoms with van der Waals surface area (Å²) < 4.78 is 31.5. The molecular formula is C24H22F2N2O2. The lowest BCUT2D eigenvalue weighted by Gasteiger charge is -2.24. The van der Waals surface area contributed by atoms with Gasteiger partial charge in [-0.05, 0) is 72.9 Å². The quantitative estimate of drug-likeness (QED) is 0.594. The minimum absolute atomic E-state index is 0.0748. The van der Waals surface area contributed by atoms with Gasteiger partial charge < -0.3 is 9.64 Å². The van der Waals surface area contributed by atoms with Crippen molar-refractivity contribution in [2.24, 2.45) is 0 Å². The Kier molecular flexibility index (Phi) is 6.02. The fourth-order valence-corrected chi connectivity index (χ4v) is 3.71. The Morgan fingerprint density at radius 1 is 0.967 bits per heavy atom. The van der Waals surface area contributed by atoms with Crippen LogP contribution in [0.3, 0.4) is 0 Å². The van der Waals surface area contributed by atoms with Crippen LogP contribution in [0.5, 0.6) is 5.75 Å². The van der Waals surface area contributed by atoms with E-state index in [0.717, 1.165) is 29.7 Å². The number of carbonyl (C=O) groups excluding carboxylic acids is 1. The summed E-state index contributed by atoms with van der Waals surface area (Å²) in [4.78, 5) is 19.1. The summed E-state index contributed by atoms with van der Waals surface area (Å²) in [7, 11) is 0. The molecule has 0 unspecified atom stereocenters. The minimum atomic E-state index is -0.345. The first-order chi connectivity index (χ1) is 14.6. The van der Waals surface area contributed by atoms with Gasteiger partial charge in [0.15, 0.2) is 6.61 Å². The molecule has 1 aliphatic heterocycles. The number of halogens is 2. The highest BCUT2D eigenvalue weighted by atomic mass is 19.1. The number of carbonyl (C=O) groups is 1. The summed E-state index contributed by atoms with van der Waals surface area (Å²) in [5, 5.41) is 0. The molecule has 1 aromatic heterocycles. The predicted molar refractivity (Wildman–Crippen MR) is 109 cm³/mol. The highest BCUT2D eigenvalue weighted by Crippen LogP contribution is 2.31. The first-order valence-corrected chi connectivity index (χ1v) is 9.95. The molecule has 1 amide bonds. The van der Waals surface area contributed by atoms with Gasteiger partial charge in [0.05, 0.1) is 11.7 Å². The second-order valence-corrected chi connectivity index (χ2v) is 7.38. The number of aromatic nitrogens is 1. The SMILES string of the molecule is O=C(COc1ccc(F)cc1)N1CCC[C@@H]1c1ccc(Cc2ccc(F)cc2)cn1. The monoisotopic (exact) mass is 408 g/mol. The number of nitrogens with zero attached hydrogens (tertiary/aromatic N) is 2. The molecule has 0 radical (unpaired) electrons. The van der Waals surface area contributed by atoms with Gasteiger partial charge in [-0.3, -0.25) is 9.78 Å². The Labute approximate surface area is 174 Å². The maximum absolute atomic E-state index is 13.1. The van der Waals surface area contributed by atoms with E-state index >= 15 is 0 Å². The number of hydrogen-bond acceptors (Lipinski definition) is 3. The largest absolute Gasteiger partial charge is 0.484 e. The number of likely N-dealkylation sites (tertiary alicyclic amines) is 1. The van der Waals surface area contributed by atoms with Crippen LogP contribution >= 0.6 is 0 Å². The second kappa shape index (κ2) is 9.03. The van der Waals surface area contributed by atoms with Crippen LogP contribution in [0.1, 0.15) is 35.7 Å². The Bertz CT molecular complexity index is 989. The Balaban J connectivity index is 1.38. The van der Waals surface area contributed by atoms with Crippen molar-refractivity contribution in [1.82, 2.24) is 9.88 Å². The molecule has 0 bridgehead atoms. The third kappa shape index (κ3) is 4.82. The van der Waals surface area contributed by atoms with Crippen LogP contribution in [-0.2, 0) is 11.2 Å². The molecule has 1 fully saturated rings. The van der Waals surface area contributed by atoms with E-state index in [0.29, 0.717) is 18.7 Å². The van der Waals surface area contributed by atoms with Gasteiger partial charge in [-0.25, -0.2) is 8.78 Å². The zero-order valence-corrected chi connectivity index (χ0v) is 16.4. The summed E-state index contributed by atoms with van der Waals surface area (Å²) in [6.45, 7) is 0.570. The van der Waals surface area contributed by atoms with Gasteiger partial charge in [0.2, 0.25) is 0 Å². The van der Waals surface area contributed by atoms with E-state index in [1.54, 1.807) is 17.0 Å². The molecule has 30 heavy (non-hydrogen) atoms. The molecule has 2 heterocycles. The minimum Gasteiger partial charge on any atom is -0.484 e. The van der Waals surface area contributed by atoms with Crippen molar-refractivity contribution < 1.29 is 18.3 Å². The van der Waals surface area contributed by atoms with Crippen LogP contribution in [-0.4, -0.2) is 28.9 Å². The van der Waals surface area contributed by atoms with E-state index in [1.807, 2.05) is 18.3 Å². The van der Waals surface area contributed by atoms with E-state index < -0.39 is 0 Å². The number of ether oxygens (including phenoxy) is 1. The predicted octanol–water partition coefficient (Wildman–Crippen LogP) is 4.69. The average molecular weight is 408 g/mol. The topological polar surface area (TPSA) is 42.4 Å². The van der Waals surface area contributed by atoms with Crippen molar-refractivity contribution in [3.8, 4) is 5.75 Å². The van der Waals surface area contributed by atoms with Crippen molar-refractivity contribution in [2.75, 3.05) is 13.2 Å². The molecule has 6 heteroatoms. The fraction of sp³-hybridized carbons (Fsp3) is 0.250. The molecule has 1 aliphatic rings. The van der Waals surface area contributed by atoms with Gasteiger partial charge in [-0.15, -0.1) is 0 Å². The third-order valence-electron chi connectivity index (χ3n) is 5.26. The number of benzene rings is 2. The van der Waals surface area contributed by atoms with E-state index in [1.165, 1.54) is 36.4 Å². The standard InChI is InChI=1S/C24H22F2N2O2/c25-19-6-3-17(4-7-19)14-18-5-12-22(27-15-18)23-2-1-13-28(23)24(29)16-30-21-10-8-20(26)9-11-21/h3-12,15,23H,1-2,13-14,16H2/t23-/m1/s1. The molecular weight excluding hydrogens is 386 g/mol. The average Bonchev–Trinajstić information content (AvgIpc) is 3.25. The molecule has 154 valence electrons. The van der Waals surface area contributed by atoms with Gasteiger partial charge >= 0.3 is 0 Å². The number of pyridine rings is 1. The number of amides is 1. The van der Waals surface area contributed by atoms with Crippen molar-refractivity contribution in [2.45, 2.75) is 25.3 Å². The molecule has 1 atom stereocenters. The lowest BCUT2D eigenvalue weighted by Crippen LogP contribution is -2.34. The molecule has 4 nitrogen and oxygen atoms in total. The lowest BCUT2D eigenvalue weighted by atomic mass is 10.0. The Hall–Kier alpha value is -3.28. The van der Waals surface area contributed by atoms with Crippen LogP contribution in [0.4, 0.5) is 8.78 Å². The zero-order chi connectivity index (χ0) is 20.9. The van der Waals surface area contributed by atoms with E-state index in [-0.39, 0.29) is 30.2 Å². The Morgan fingerprint density at radius 3 is 2.30 bits per heavy atom. The molecule has 3 aromatic rings. The van der Waals surface area contributed by atoms with Crippen molar-refractivity contribution in [1.29, 1.82) is 0 Å². The van der Waals surface area contributed by atoms with Crippen LogP contribution in [0, 0.1) is 11.6 Å². The molecule has 1 saturated heterocycles. The van der Waals surface area contributed by atoms with Gasteiger partial charge in [-0.1, -0.05) is 18.2 Å². The van der Waals surface area contributed by atoms with Crippen molar-refractivity contribution in [3.63, 3.8) is 0 Å². The maximum atomic E-state index is 13.1. The summed E-state index contributed by atoms with van der Waals surface area (Å²) in [6.07, 6.45) is 4.25. The van der Waals surface area contributed by atoms with Crippen LogP contribution in [0.2, 0.25) is 0 Å². The smallest absolute Gasteiger partial charge is 0.261 e. The summed E-state index contributed by atoms with van der Waals surface area (Å²) in [5.74, 6) is -0.244. The van der Waals surface area contributed by atoms with Crippen LogP contribution in [0.15, 0.2) is 66.9 Å². The highest BCUT2D eigenvalue weighted by molar-refractivity contribution is 5.78. The maximum Gasteiger partial charge on any atom is 0.261 e. The lowest BCUT2D eigenvalue weighted by molar-refractivity contribution is -0.134. The van der Waals surface area contributed by atoms with E-state index in [4.69, 9.17) is 4.74 Å². The summed E-state index contributed by atoms with van der Waals surface area (Å²) >= 11 is 0. The van der Waals surface area contributed by atoms with Gasteiger partial charge in [-0.2, -0.15) is 0 Å². The number of hydrogen-bond donors (Lipinski definition) is 0. The van der Waals surface area contributed by atoms with Crippen LogP contribution < -0.4 is 4.74 Å². The van der Waals surface area contributed by atoms with Gasteiger partial charge in [0, 0.05) is 12.7 Å². The molecule has 2 aromatic carbocycles. The second-order valence-electron chi connectivity index (χ2n) is 7.38. The number of rotatable bonds is 6. The molecule has 0 saturated carbocycles. The molecule has 0 N–H and O–H groups in total. The van der Waals surface area contributed by atoms with Crippen LogP contribution in [0.25, 0.3) is 0 Å². The normalized spacial score (nSPS) is 15.9. The van der Waals surface area contributed by atoms with E-state index in [2.05, 4.69) is 4.98 Å². The van der Waals surface area contributed by atoms with Gasteiger partial charge in [0.1, 0.15) is 17.4 Å². The summed E-state index contributed by atoms with van der Waals surface area (Å²) in [5.41, 5.74) is 2.90. The first-order valence-electron chi connectivity index (χ1n) is 9.95. The van der Waals surface area contributed by atoms with E-state index in [9.17, 15) is 13.6 Å². The third-order valence-corrected chi connectivity index (χ3v) is 5.26. The van der Waals surface area contributed by atoms with Crippen molar-refractivity contribution in [3.05, 3.63) is 95.3 Å². The van der Waals surface area contributed by atoms with Gasteiger partial charge in [0.25, 0.3) is 5.91 Å². The molecule has 0 aliphatic carbocycles.